The Morgan fingerprint density at radius 3 is 2.60 bits per heavy atom. The molecule has 0 radical (unpaired) electrons. The molecule has 15 heavy (non-hydrogen) atoms. The summed E-state index contributed by atoms with van der Waals surface area (Å²) in [4.78, 5) is 15.5. The topological polar surface area (TPSA) is 47.9 Å². The van der Waals surface area contributed by atoms with Crippen LogP contribution >= 0.6 is 0 Å². The van der Waals surface area contributed by atoms with Crippen molar-refractivity contribution in [2.75, 3.05) is 14.0 Å². The first-order valence-electron chi connectivity index (χ1n) is 4.19. The van der Waals surface area contributed by atoms with E-state index in [-0.39, 0.29) is 5.71 Å². The van der Waals surface area contributed by atoms with Crippen molar-refractivity contribution in [3.63, 3.8) is 0 Å². The highest BCUT2D eigenvalue weighted by molar-refractivity contribution is 6.43. The number of methoxy groups -OCH3 is 1. The molecule has 0 atom stereocenters. The Morgan fingerprint density at radius 2 is 2.07 bits per heavy atom. The van der Waals surface area contributed by atoms with Gasteiger partial charge in [-0.05, 0) is 0 Å². The molecule has 0 aromatic heterocycles. The molecule has 0 heterocycles. The van der Waals surface area contributed by atoms with Crippen LogP contribution in [0.1, 0.15) is 5.56 Å². The van der Waals surface area contributed by atoms with Crippen LogP contribution in [0.4, 0.5) is 4.39 Å². The summed E-state index contributed by atoms with van der Waals surface area (Å²) in [5.74, 6) is -0.672. The van der Waals surface area contributed by atoms with Gasteiger partial charge in [-0.15, -0.1) is 0 Å². The molecule has 0 unspecified atom stereocenters. The first-order chi connectivity index (χ1) is 7.29. The maximum absolute atomic E-state index is 11.8. The van der Waals surface area contributed by atoms with Gasteiger partial charge in [-0.2, -0.15) is 0 Å². The van der Waals surface area contributed by atoms with Gasteiger partial charge in [0.2, 0.25) is 0 Å². The van der Waals surface area contributed by atoms with Gasteiger partial charge < -0.3 is 9.57 Å². The SMILES string of the molecule is COC(=O)C(=NOCF)c1ccccc1. The van der Waals surface area contributed by atoms with E-state index in [0.29, 0.717) is 5.56 Å². The Labute approximate surface area is 86.3 Å². The fraction of sp³-hybridized carbons (Fsp3) is 0.200. The van der Waals surface area contributed by atoms with Gasteiger partial charge in [0.1, 0.15) is 0 Å². The number of alkyl halides is 1. The standard InChI is InChI=1S/C10H10FNO3/c1-14-10(13)9(12-15-7-11)8-5-3-2-4-6-8/h2-6H,7H2,1H3. The fourth-order valence-electron chi connectivity index (χ4n) is 0.989. The average Bonchev–Trinajstić information content (AvgIpc) is 2.30. The second-order valence-corrected chi connectivity index (χ2v) is 2.54. The second kappa shape index (κ2) is 5.74. The predicted octanol–water partition coefficient (Wildman–Crippen LogP) is 1.51. The third kappa shape index (κ3) is 3.05. The van der Waals surface area contributed by atoms with Gasteiger partial charge >= 0.3 is 5.97 Å². The van der Waals surface area contributed by atoms with Crippen molar-refractivity contribution in [2.24, 2.45) is 5.16 Å². The molecule has 80 valence electrons. The predicted molar refractivity (Wildman–Crippen MR) is 52.1 cm³/mol. The van der Waals surface area contributed by atoms with Crippen molar-refractivity contribution < 1.29 is 18.8 Å². The normalized spacial score (nSPS) is 10.9. The molecule has 0 spiro atoms. The number of halogens is 1. The minimum Gasteiger partial charge on any atom is -0.464 e. The van der Waals surface area contributed by atoms with E-state index in [0.717, 1.165) is 0 Å². The van der Waals surface area contributed by atoms with Crippen molar-refractivity contribution in [3.8, 4) is 0 Å². The largest absolute Gasteiger partial charge is 0.464 e. The van der Waals surface area contributed by atoms with Gasteiger partial charge in [0.05, 0.1) is 7.11 Å². The Balaban J connectivity index is 2.96. The summed E-state index contributed by atoms with van der Waals surface area (Å²) in [5, 5.41) is 3.35. The van der Waals surface area contributed by atoms with Gasteiger partial charge in [-0.25, -0.2) is 9.18 Å². The number of oxime groups is 1. The van der Waals surface area contributed by atoms with Gasteiger partial charge in [-0.1, -0.05) is 35.5 Å². The molecule has 0 fully saturated rings. The molecule has 1 rings (SSSR count). The smallest absolute Gasteiger partial charge is 0.360 e. The lowest BCUT2D eigenvalue weighted by molar-refractivity contribution is -0.132. The number of hydrogen-bond donors (Lipinski definition) is 0. The van der Waals surface area contributed by atoms with Crippen LogP contribution in [-0.4, -0.2) is 25.7 Å². The number of nitrogens with zero attached hydrogens (tertiary/aromatic N) is 1. The van der Waals surface area contributed by atoms with Crippen molar-refractivity contribution in [1.29, 1.82) is 0 Å². The van der Waals surface area contributed by atoms with Crippen LogP contribution < -0.4 is 0 Å². The molecule has 0 aliphatic rings. The highest BCUT2D eigenvalue weighted by Crippen LogP contribution is 2.03. The molecular weight excluding hydrogens is 201 g/mol. The van der Waals surface area contributed by atoms with E-state index in [9.17, 15) is 9.18 Å². The highest BCUT2D eigenvalue weighted by atomic mass is 19.1. The number of hydrogen-bond acceptors (Lipinski definition) is 4. The summed E-state index contributed by atoms with van der Waals surface area (Å²) >= 11 is 0. The van der Waals surface area contributed by atoms with Gasteiger partial charge in [0.25, 0.3) is 6.86 Å². The second-order valence-electron chi connectivity index (χ2n) is 2.54. The quantitative estimate of drug-likeness (QED) is 0.431. The van der Waals surface area contributed by atoms with Crippen LogP contribution in [0.25, 0.3) is 0 Å². The van der Waals surface area contributed by atoms with E-state index in [1.54, 1.807) is 30.3 Å². The Kier molecular flexibility index (Phi) is 4.28. The molecule has 0 amide bonds. The molecule has 0 saturated heterocycles. The summed E-state index contributed by atoms with van der Waals surface area (Å²) in [7, 11) is 1.22. The van der Waals surface area contributed by atoms with Crippen LogP contribution in [0.2, 0.25) is 0 Å². The monoisotopic (exact) mass is 211 g/mol. The van der Waals surface area contributed by atoms with Crippen LogP contribution in [-0.2, 0) is 14.4 Å². The minimum absolute atomic E-state index is 0.0595. The summed E-state index contributed by atoms with van der Waals surface area (Å²) in [6.45, 7) is -1.09. The number of benzene rings is 1. The molecule has 5 heteroatoms. The molecule has 4 nitrogen and oxygen atoms in total. The number of rotatable bonds is 4. The van der Waals surface area contributed by atoms with Gasteiger partial charge in [-0.3, -0.25) is 0 Å². The summed E-state index contributed by atoms with van der Waals surface area (Å²) < 4.78 is 16.2. The third-order valence-electron chi connectivity index (χ3n) is 1.63. The van der Waals surface area contributed by atoms with E-state index >= 15 is 0 Å². The number of carbonyl (C=O) groups excluding carboxylic acids is 1. The molecule has 1 aromatic carbocycles. The number of esters is 1. The van der Waals surface area contributed by atoms with Crippen molar-refractivity contribution in [2.45, 2.75) is 0 Å². The molecular formula is C10H10FNO3. The van der Waals surface area contributed by atoms with E-state index < -0.39 is 12.8 Å². The maximum atomic E-state index is 11.8. The highest BCUT2D eigenvalue weighted by Gasteiger charge is 2.14. The zero-order valence-electron chi connectivity index (χ0n) is 8.14. The van der Waals surface area contributed by atoms with Crippen molar-refractivity contribution in [3.05, 3.63) is 35.9 Å². The molecule has 0 aliphatic carbocycles. The van der Waals surface area contributed by atoms with Gasteiger partial charge in [0.15, 0.2) is 5.71 Å². The maximum Gasteiger partial charge on any atom is 0.360 e. The minimum atomic E-state index is -1.09. The average molecular weight is 211 g/mol. The molecule has 1 aromatic rings. The Bertz CT molecular complexity index is 351. The molecule has 0 bridgehead atoms. The Morgan fingerprint density at radius 1 is 1.40 bits per heavy atom. The van der Waals surface area contributed by atoms with Crippen molar-refractivity contribution >= 4 is 11.7 Å². The Hall–Kier alpha value is -1.91. The van der Waals surface area contributed by atoms with E-state index in [4.69, 9.17) is 0 Å². The van der Waals surface area contributed by atoms with Crippen LogP contribution in [0.3, 0.4) is 0 Å². The lowest BCUT2D eigenvalue weighted by Gasteiger charge is -2.02. The van der Waals surface area contributed by atoms with E-state index in [2.05, 4.69) is 14.7 Å². The molecule has 0 N–H and O–H groups in total. The molecule has 0 aliphatic heterocycles. The van der Waals surface area contributed by atoms with Crippen LogP contribution in [0.5, 0.6) is 0 Å². The first kappa shape index (κ1) is 11.2. The zero-order chi connectivity index (χ0) is 11.1. The third-order valence-corrected chi connectivity index (χ3v) is 1.63. The van der Waals surface area contributed by atoms with Crippen LogP contribution in [0, 0.1) is 0 Å². The fourth-order valence-corrected chi connectivity index (χ4v) is 0.989. The van der Waals surface area contributed by atoms with Crippen LogP contribution in [0.15, 0.2) is 35.5 Å². The molecule has 0 saturated carbocycles. The lowest BCUT2D eigenvalue weighted by atomic mass is 10.1. The number of carbonyl (C=O) groups is 1. The lowest BCUT2D eigenvalue weighted by Crippen LogP contribution is -2.17. The van der Waals surface area contributed by atoms with E-state index in [1.165, 1.54) is 7.11 Å². The summed E-state index contributed by atoms with van der Waals surface area (Å²) in [6.07, 6.45) is 0. The van der Waals surface area contributed by atoms with Gasteiger partial charge in [0, 0.05) is 5.56 Å². The van der Waals surface area contributed by atoms with Crippen molar-refractivity contribution in [1.82, 2.24) is 0 Å². The first-order valence-corrected chi connectivity index (χ1v) is 4.19. The number of ether oxygens (including phenoxy) is 1. The summed E-state index contributed by atoms with van der Waals surface area (Å²) in [5.41, 5.74) is 0.452. The van der Waals surface area contributed by atoms with E-state index in [1.807, 2.05) is 0 Å². The zero-order valence-corrected chi connectivity index (χ0v) is 8.14. The summed E-state index contributed by atoms with van der Waals surface area (Å²) in [6, 6.07) is 8.54.